The number of hydrogen-bond donors (Lipinski definition) is 1. The third-order valence-electron chi connectivity index (χ3n) is 4.09. The Morgan fingerprint density at radius 3 is 3.00 bits per heavy atom. The summed E-state index contributed by atoms with van der Waals surface area (Å²) in [5.41, 5.74) is 1.34. The Kier molecular flexibility index (Phi) is 4.95. The molecule has 2 aromatic heterocycles. The summed E-state index contributed by atoms with van der Waals surface area (Å²) in [7, 11) is 0. The first kappa shape index (κ1) is 17.7. The van der Waals surface area contributed by atoms with Crippen LogP contribution in [0.15, 0.2) is 51.4 Å². The van der Waals surface area contributed by atoms with Gasteiger partial charge in [-0.3, -0.25) is 9.59 Å². The summed E-state index contributed by atoms with van der Waals surface area (Å²) in [6, 6.07) is 10.9. The number of rotatable bonds is 4. The summed E-state index contributed by atoms with van der Waals surface area (Å²) in [5.74, 6) is 0.366. The molecule has 0 spiro atoms. The fraction of sp³-hybridized carbons (Fsp3) is 0.222. The standard InChI is InChI=1S/C18H16N4O3S2/c1-11-9-15(23)19-12-5-2-3-6-13(12)22(11)16(24)10-27-18-21-20-17(25-18)14-7-4-8-26-14/h2-8,11H,9-10H2,1H3,(H,19,23)/t11-/m0/s1. The Morgan fingerprint density at radius 2 is 2.19 bits per heavy atom. The lowest BCUT2D eigenvalue weighted by atomic mass is 10.2. The molecule has 0 fully saturated rings. The second kappa shape index (κ2) is 7.53. The van der Waals surface area contributed by atoms with E-state index in [1.807, 2.05) is 42.6 Å². The maximum Gasteiger partial charge on any atom is 0.277 e. The minimum Gasteiger partial charge on any atom is -0.410 e. The summed E-state index contributed by atoms with van der Waals surface area (Å²) in [6.45, 7) is 1.87. The molecular formula is C18H16N4O3S2. The van der Waals surface area contributed by atoms with E-state index < -0.39 is 0 Å². The van der Waals surface area contributed by atoms with Gasteiger partial charge in [0.2, 0.25) is 11.8 Å². The molecule has 1 aliphatic rings. The van der Waals surface area contributed by atoms with E-state index in [4.69, 9.17) is 4.42 Å². The second-order valence-corrected chi connectivity index (χ2v) is 7.90. The summed E-state index contributed by atoms with van der Waals surface area (Å²) < 4.78 is 5.62. The largest absolute Gasteiger partial charge is 0.410 e. The SMILES string of the molecule is C[C@H]1CC(=O)Nc2ccccc2N1C(=O)CSc1nnc(-c2cccs2)o1. The van der Waals surface area contributed by atoms with Crippen LogP contribution in [0.4, 0.5) is 11.4 Å². The Balaban J connectivity index is 1.50. The maximum atomic E-state index is 12.9. The highest BCUT2D eigenvalue weighted by molar-refractivity contribution is 7.99. The second-order valence-electron chi connectivity index (χ2n) is 6.02. The van der Waals surface area contributed by atoms with Crippen molar-refractivity contribution < 1.29 is 14.0 Å². The van der Waals surface area contributed by atoms with Crippen LogP contribution in [0.5, 0.6) is 0 Å². The number of nitrogens with one attached hydrogen (secondary N) is 1. The van der Waals surface area contributed by atoms with Crippen LogP contribution in [0.1, 0.15) is 13.3 Å². The van der Waals surface area contributed by atoms with Gasteiger partial charge in [-0.1, -0.05) is 30.0 Å². The van der Waals surface area contributed by atoms with Gasteiger partial charge < -0.3 is 14.6 Å². The first-order valence-corrected chi connectivity index (χ1v) is 10.2. The van der Waals surface area contributed by atoms with Crippen LogP contribution in [0.3, 0.4) is 0 Å². The van der Waals surface area contributed by atoms with Crippen molar-refractivity contribution >= 4 is 46.3 Å². The maximum absolute atomic E-state index is 12.9. The van der Waals surface area contributed by atoms with Gasteiger partial charge in [-0.15, -0.1) is 21.5 Å². The quantitative estimate of drug-likeness (QED) is 0.673. The number of thiophene rings is 1. The number of carbonyl (C=O) groups is 2. The average molecular weight is 400 g/mol. The van der Waals surface area contributed by atoms with Gasteiger partial charge in [-0.2, -0.15) is 0 Å². The number of hydrogen-bond acceptors (Lipinski definition) is 7. The lowest BCUT2D eigenvalue weighted by Gasteiger charge is -2.27. The molecule has 0 aliphatic carbocycles. The number of amides is 2. The molecule has 1 N–H and O–H groups in total. The molecule has 3 heterocycles. The normalized spacial score (nSPS) is 16.6. The van der Waals surface area contributed by atoms with Crippen LogP contribution in [0.25, 0.3) is 10.8 Å². The fourth-order valence-electron chi connectivity index (χ4n) is 2.93. The number of anilines is 2. The van der Waals surface area contributed by atoms with E-state index in [9.17, 15) is 9.59 Å². The first-order chi connectivity index (χ1) is 13.1. The highest BCUT2D eigenvalue weighted by Gasteiger charge is 2.29. The van der Waals surface area contributed by atoms with Gasteiger partial charge in [-0.05, 0) is 30.5 Å². The predicted octanol–water partition coefficient (Wildman–Crippen LogP) is 3.65. The number of carbonyl (C=O) groups excluding carboxylic acids is 2. The highest BCUT2D eigenvalue weighted by Crippen LogP contribution is 2.32. The fourth-order valence-corrected chi connectivity index (χ4v) is 4.20. The van der Waals surface area contributed by atoms with Crippen LogP contribution in [-0.2, 0) is 9.59 Å². The van der Waals surface area contributed by atoms with Gasteiger partial charge in [0.1, 0.15) is 0 Å². The summed E-state index contributed by atoms with van der Waals surface area (Å²) in [5, 5.41) is 13.1. The molecule has 1 aromatic carbocycles. The van der Waals surface area contributed by atoms with Gasteiger partial charge in [0.05, 0.1) is 22.0 Å². The number of fused-ring (bicyclic) bond motifs is 1. The Hall–Kier alpha value is -2.65. The van der Waals surface area contributed by atoms with Crippen molar-refractivity contribution in [2.75, 3.05) is 16.0 Å². The highest BCUT2D eigenvalue weighted by atomic mass is 32.2. The van der Waals surface area contributed by atoms with E-state index in [-0.39, 0.29) is 30.0 Å². The molecule has 3 aromatic rings. The molecule has 1 atom stereocenters. The predicted molar refractivity (Wildman–Crippen MR) is 105 cm³/mol. The van der Waals surface area contributed by atoms with Crippen molar-refractivity contribution in [3.05, 3.63) is 41.8 Å². The van der Waals surface area contributed by atoms with E-state index in [1.54, 1.807) is 11.0 Å². The third kappa shape index (κ3) is 3.74. The van der Waals surface area contributed by atoms with Gasteiger partial charge in [0.15, 0.2) is 0 Å². The van der Waals surface area contributed by atoms with Crippen LogP contribution >= 0.6 is 23.1 Å². The summed E-state index contributed by atoms with van der Waals surface area (Å²) in [6.07, 6.45) is 0.244. The molecule has 0 saturated heterocycles. The molecule has 0 bridgehead atoms. The average Bonchev–Trinajstić information content (AvgIpc) is 3.30. The van der Waals surface area contributed by atoms with Crippen molar-refractivity contribution in [3.63, 3.8) is 0 Å². The summed E-state index contributed by atoms with van der Waals surface area (Å²) >= 11 is 2.70. The molecule has 1 aliphatic heterocycles. The molecule has 2 amide bonds. The molecule has 4 rings (SSSR count). The van der Waals surface area contributed by atoms with Crippen LogP contribution in [0.2, 0.25) is 0 Å². The lowest BCUT2D eigenvalue weighted by molar-refractivity contribution is -0.117. The minimum absolute atomic E-state index is 0.101. The number of para-hydroxylation sites is 2. The van der Waals surface area contributed by atoms with Crippen molar-refractivity contribution in [1.82, 2.24) is 10.2 Å². The lowest BCUT2D eigenvalue weighted by Crippen LogP contribution is -2.40. The minimum atomic E-state index is -0.244. The van der Waals surface area contributed by atoms with E-state index in [2.05, 4.69) is 15.5 Å². The van der Waals surface area contributed by atoms with Gasteiger partial charge in [0.25, 0.3) is 11.1 Å². The first-order valence-electron chi connectivity index (χ1n) is 8.33. The number of nitrogens with zero attached hydrogens (tertiary/aromatic N) is 3. The van der Waals surface area contributed by atoms with Crippen molar-refractivity contribution in [3.8, 4) is 10.8 Å². The van der Waals surface area contributed by atoms with Crippen molar-refractivity contribution in [2.45, 2.75) is 24.6 Å². The van der Waals surface area contributed by atoms with E-state index in [1.165, 1.54) is 23.1 Å². The van der Waals surface area contributed by atoms with Gasteiger partial charge in [-0.25, -0.2) is 0 Å². The smallest absolute Gasteiger partial charge is 0.277 e. The topological polar surface area (TPSA) is 88.3 Å². The molecule has 0 saturated carbocycles. The van der Waals surface area contributed by atoms with Crippen molar-refractivity contribution in [1.29, 1.82) is 0 Å². The zero-order valence-electron chi connectivity index (χ0n) is 14.4. The van der Waals surface area contributed by atoms with Gasteiger partial charge >= 0.3 is 0 Å². The van der Waals surface area contributed by atoms with Crippen LogP contribution in [-0.4, -0.2) is 33.8 Å². The number of thioether (sulfide) groups is 1. The summed E-state index contributed by atoms with van der Waals surface area (Å²) in [4.78, 5) is 27.5. The van der Waals surface area contributed by atoms with Gasteiger partial charge in [0, 0.05) is 12.5 Å². The Morgan fingerprint density at radius 1 is 1.33 bits per heavy atom. The van der Waals surface area contributed by atoms with E-state index in [0.717, 1.165) is 4.88 Å². The monoisotopic (exact) mass is 400 g/mol. The molecule has 0 radical (unpaired) electrons. The number of aromatic nitrogens is 2. The molecular weight excluding hydrogens is 384 g/mol. The third-order valence-corrected chi connectivity index (χ3v) is 5.75. The molecule has 9 heteroatoms. The Bertz CT molecular complexity index is 971. The molecule has 138 valence electrons. The van der Waals surface area contributed by atoms with Crippen LogP contribution in [0, 0.1) is 0 Å². The molecule has 7 nitrogen and oxygen atoms in total. The van der Waals surface area contributed by atoms with E-state index in [0.29, 0.717) is 22.5 Å². The molecule has 27 heavy (non-hydrogen) atoms. The Labute approximate surface area is 163 Å². The van der Waals surface area contributed by atoms with Crippen LogP contribution < -0.4 is 10.2 Å². The zero-order valence-corrected chi connectivity index (χ0v) is 16.0. The number of benzene rings is 1. The molecule has 0 unspecified atom stereocenters. The van der Waals surface area contributed by atoms with Crippen molar-refractivity contribution in [2.24, 2.45) is 0 Å². The van der Waals surface area contributed by atoms with E-state index >= 15 is 0 Å². The zero-order chi connectivity index (χ0) is 18.8.